The van der Waals surface area contributed by atoms with Gasteiger partial charge in [-0.1, -0.05) is 15.9 Å². The summed E-state index contributed by atoms with van der Waals surface area (Å²) in [6.45, 7) is 8.83. The minimum absolute atomic E-state index is 0.192. The maximum Gasteiger partial charge on any atom is 0.316 e. The molecular formula is C23H27BrO6. The van der Waals surface area contributed by atoms with Gasteiger partial charge < -0.3 is 18.9 Å². The van der Waals surface area contributed by atoms with Crippen molar-refractivity contribution in [2.24, 2.45) is 5.41 Å². The largest absolute Gasteiger partial charge is 0.493 e. The molecule has 0 bridgehead atoms. The van der Waals surface area contributed by atoms with E-state index in [0.717, 1.165) is 4.47 Å². The summed E-state index contributed by atoms with van der Waals surface area (Å²) in [5.74, 6) is 0.433. The Bertz CT molecular complexity index is 988. The molecule has 0 aliphatic carbocycles. The van der Waals surface area contributed by atoms with Gasteiger partial charge in [-0.15, -0.1) is 0 Å². The lowest BCUT2D eigenvalue weighted by Gasteiger charge is -2.21. The number of carbonyl (C=O) groups is 2. The van der Waals surface area contributed by atoms with Gasteiger partial charge in [0.25, 0.3) is 0 Å². The second-order valence-corrected chi connectivity index (χ2v) is 8.71. The first-order valence-electron chi connectivity index (χ1n) is 9.33. The standard InChI is InChI=1S/C23H27BrO6/c1-12-11-16(27-6)20(28-7)21(29-8)17(12)19(25)18-13(2)14(24)9-10-15(18)30-22(26)23(3,4)5/h9-11H,1-8H3. The van der Waals surface area contributed by atoms with Gasteiger partial charge in [0, 0.05) is 4.47 Å². The van der Waals surface area contributed by atoms with Gasteiger partial charge in [0.2, 0.25) is 11.5 Å². The summed E-state index contributed by atoms with van der Waals surface area (Å²) in [5.41, 5.74) is 1.15. The number of aryl methyl sites for hydroxylation is 1. The van der Waals surface area contributed by atoms with E-state index in [1.807, 2.05) is 0 Å². The van der Waals surface area contributed by atoms with E-state index in [1.54, 1.807) is 52.8 Å². The maximum absolute atomic E-state index is 13.8. The smallest absolute Gasteiger partial charge is 0.316 e. The molecule has 0 heterocycles. The third kappa shape index (κ3) is 4.46. The minimum atomic E-state index is -0.724. The molecule has 0 saturated heterocycles. The summed E-state index contributed by atoms with van der Waals surface area (Å²) in [5, 5.41) is 0. The number of halogens is 1. The Labute approximate surface area is 185 Å². The highest BCUT2D eigenvalue weighted by Crippen LogP contribution is 2.44. The van der Waals surface area contributed by atoms with Crippen molar-refractivity contribution in [1.82, 2.24) is 0 Å². The fourth-order valence-electron chi connectivity index (χ4n) is 2.97. The summed E-state index contributed by atoms with van der Waals surface area (Å²) in [7, 11) is 4.45. The average Bonchev–Trinajstić information content (AvgIpc) is 2.68. The van der Waals surface area contributed by atoms with E-state index in [9.17, 15) is 9.59 Å². The van der Waals surface area contributed by atoms with Crippen molar-refractivity contribution in [2.75, 3.05) is 21.3 Å². The number of methoxy groups -OCH3 is 3. The molecule has 0 unspecified atom stereocenters. The highest BCUT2D eigenvalue weighted by Gasteiger charge is 2.30. The summed E-state index contributed by atoms with van der Waals surface area (Å²) < 4.78 is 22.7. The lowest BCUT2D eigenvalue weighted by atomic mass is 9.93. The fourth-order valence-corrected chi connectivity index (χ4v) is 3.30. The van der Waals surface area contributed by atoms with Crippen LogP contribution in [0.1, 0.15) is 47.8 Å². The van der Waals surface area contributed by atoms with E-state index >= 15 is 0 Å². The quantitative estimate of drug-likeness (QED) is 0.319. The van der Waals surface area contributed by atoms with Gasteiger partial charge in [0.1, 0.15) is 5.75 Å². The highest BCUT2D eigenvalue weighted by molar-refractivity contribution is 9.10. The van der Waals surface area contributed by atoms with Crippen LogP contribution >= 0.6 is 15.9 Å². The zero-order valence-electron chi connectivity index (χ0n) is 18.6. The van der Waals surface area contributed by atoms with Crippen molar-refractivity contribution in [3.05, 3.63) is 44.9 Å². The first-order chi connectivity index (χ1) is 14.0. The number of hydrogen-bond donors (Lipinski definition) is 0. The molecule has 7 heteroatoms. The Morgan fingerprint density at radius 3 is 1.97 bits per heavy atom. The molecular weight excluding hydrogens is 452 g/mol. The first-order valence-corrected chi connectivity index (χ1v) is 10.1. The van der Waals surface area contributed by atoms with E-state index < -0.39 is 11.4 Å². The monoisotopic (exact) mass is 478 g/mol. The molecule has 0 N–H and O–H groups in total. The number of ether oxygens (including phenoxy) is 4. The van der Waals surface area contributed by atoms with Crippen LogP contribution < -0.4 is 18.9 Å². The first kappa shape index (κ1) is 23.7. The molecule has 0 aromatic heterocycles. The van der Waals surface area contributed by atoms with Gasteiger partial charge in [-0.3, -0.25) is 9.59 Å². The summed E-state index contributed by atoms with van der Waals surface area (Å²) in [6, 6.07) is 5.06. The SMILES string of the molecule is COc1cc(C)c(C(=O)c2c(OC(=O)C(C)(C)C)ccc(Br)c2C)c(OC)c1OC. The van der Waals surface area contributed by atoms with Crippen LogP contribution in [0.5, 0.6) is 23.0 Å². The molecule has 30 heavy (non-hydrogen) atoms. The van der Waals surface area contributed by atoms with Gasteiger partial charge in [-0.2, -0.15) is 0 Å². The molecule has 0 spiro atoms. The van der Waals surface area contributed by atoms with Gasteiger partial charge in [0.15, 0.2) is 11.5 Å². The van der Waals surface area contributed by atoms with Gasteiger partial charge in [-0.05, 0) is 63.9 Å². The number of ketones is 1. The predicted octanol–water partition coefficient (Wildman–Crippen LogP) is 5.27. The van der Waals surface area contributed by atoms with Gasteiger partial charge in [0.05, 0.1) is 37.9 Å². The molecule has 0 fully saturated rings. The Hall–Kier alpha value is -2.54. The average molecular weight is 479 g/mol. The Morgan fingerprint density at radius 2 is 1.47 bits per heavy atom. The van der Waals surface area contributed by atoms with Crippen molar-refractivity contribution in [2.45, 2.75) is 34.6 Å². The summed E-state index contributed by atoms with van der Waals surface area (Å²) in [4.78, 5) is 26.3. The van der Waals surface area contributed by atoms with Crippen molar-refractivity contribution in [3.8, 4) is 23.0 Å². The highest BCUT2D eigenvalue weighted by atomic mass is 79.9. The molecule has 2 rings (SSSR count). The van der Waals surface area contributed by atoms with Crippen LogP contribution in [0.2, 0.25) is 0 Å². The predicted molar refractivity (Wildman–Crippen MR) is 118 cm³/mol. The zero-order chi connectivity index (χ0) is 22.8. The van der Waals surface area contributed by atoms with Crippen LogP contribution in [0.25, 0.3) is 0 Å². The van der Waals surface area contributed by atoms with E-state index in [-0.39, 0.29) is 22.8 Å². The number of carbonyl (C=O) groups excluding carboxylic acids is 2. The van der Waals surface area contributed by atoms with Crippen molar-refractivity contribution in [1.29, 1.82) is 0 Å². The Morgan fingerprint density at radius 1 is 0.867 bits per heavy atom. The lowest BCUT2D eigenvalue weighted by molar-refractivity contribution is -0.143. The van der Waals surface area contributed by atoms with Crippen LogP contribution in [0.15, 0.2) is 22.7 Å². The van der Waals surface area contributed by atoms with Crippen molar-refractivity contribution < 1.29 is 28.5 Å². The molecule has 6 nitrogen and oxygen atoms in total. The van der Waals surface area contributed by atoms with Gasteiger partial charge >= 0.3 is 5.97 Å². The minimum Gasteiger partial charge on any atom is -0.493 e. The maximum atomic E-state index is 13.8. The number of esters is 1. The third-order valence-corrected chi connectivity index (χ3v) is 5.52. The molecule has 0 aliphatic rings. The van der Waals surface area contributed by atoms with E-state index in [2.05, 4.69) is 15.9 Å². The summed E-state index contributed by atoms with van der Waals surface area (Å²) >= 11 is 3.46. The molecule has 2 aromatic carbocycles. The van der Waals surface area contributed by atoms with Crippen LogP contribution in [-0.2, 0) is 4.79 Å². The molecule has 0 radical (unpaired) electrons. The topological polar surface area (TPSA) is 71.1 Å². The number of rotatable bonds is 6. The number of benzene rings is 2. The molecule has 0 saturated carbocycles. The zero-order valence-corrected chi connectivity index (χ0v) is 20.1. The van der Waals surface area contributed by atoms with E-state index in [1.165, 1.54) is 21.3 Å². The fraction of sp³-hybridized carbons (Fsp3) is 0.391. The molecule has 0 amide bonds. The molecule has 0 atom stereocenters. The third-order valence-electron chi connectivity index (χ3n) is 4.66. The Kier molecular flexibility index (Phi) is 7.18. The van der Waals surface area contributed by atoms with Crippen molar-refractivity contribution >= 4 is 27.7 Å². The van der Waals surface area contributed by atoms with E-state index in [4.69, 9.17) is 18.9 Å². The van der Waals surface area contributed by atoms with Crippen LogP contribution in [0.4, 0.5) is 0 Å². The van der Waals surface area contributed by atoms with Crippen LogP contribution in [0, 0.1) is 19.3 Å². The van der Waals surface area contributed by atoms with E-state index in [0.29, 0.717) is 28.2 Å². The lowest BCUT2D eigenvalue weighted by Crippen LogP contribution is -2.26. The van der Waals surface area contributed by atoms with Gasteiger partial charge in [-0.25, -0.2) is 0 Å². The molecule has 2 aromatic rings. The van der Waals surface area contributed by atoms with Crippen LogP contribution in [0.3, 0.4) is 0 Å². The van der Waals surface area contributed by atoms with Crippen LogP contribution in [-0.4, -0.2) is 33.1 Å². The number of hydrogen-bond acceptors (Lipinski definition) is 6. The summed E-state index contributed by atoms with van der Waals surface area (Å²) in [6.07, 6.45) is 0. The van der Waals surface area contributed by atoms with Crippen molar-refractivity contribution in [3.63, 3.8) is 0 Å². The molecule has 162 valence electrons. The Balaban J connectivity index is 2.76. The second kappa shape index (κ2) is 9.08. The normalized spacial score (nSPS) is 11.1. The second-order valence-electron chi connectivity index (χ2n) is 7.85. The molecule has 0 aliphatic heterocycles.